The molecule has 3 rings (SSSR count). The van der Waals surface area contributed by atoms with Crippen LogP contribution in [0.1, 0.15) is 22.5 Å². The average Bonchev–Trinajstić information content (AvgIpc) is 3.18. The van der Waals surface area contributed by atoms with Crippen LogP contribution in [0.3, 0.4) is 0 Å². The van der Waals surface area contributed by atoms with Gasteiger partial charge in [0.2, 0.25) is 0 Å². The summed E-state index contributed by atoms with van der Waals surface area (Å²) in [5.41, 5.74) is 1.53. The molecule has 1 saturated carbocycles. The van der Waals surface area contributed by atoms with Gasteiger partial charge in [0.15, 0.2) is 0 Å². The standard InChI is InChI=1S/C16H14F3NO2S/c17-16(18,19)22-13-5-3-11(4-6-13)12-7-14(23-9-12)15(21)20-8-10-1-2-10/h3-7,9-10H,1-2,8H2,(H,20,21). The molecule has 3 nitrogen and oxygen atoms in total. The molecule has 0 spiro atoms. The number of benzene rings is 1. The predicted molar refractivity (Wildman–Crippen MR) is 81.5 cm³/mol. The molecule has 23 heavy (non-hydrogen) atoms. The van der Waals surface area contributed by atoms with E-state index in [1.807, 2.05) is 5.38 Å². The minimum Gasteiger partial charge on any atom is -0.406 e. The molecule has 1 aliphatic rings. The van der Waals surface area contributed by atoms with Crippen molar-refractivity contribution < 1.29 is 22.7 Å². The van der Waals surface area contributed by atoms with E-state index in [0.29, 0.717) is 17.3 Å². The second kappa shape index (κ2) is 6.23. The van der Waals surface area contributed by atoms with Gasteiger partial charge in [0.05, 0.1) is 4.88 Å². The molecule has 1 aromatic carbocycles. The first-order valence-electron chi connectivity index (χ1n) is 7.13. The van der Waals surface area contributed by atoms with Crippen molar-refractivity contribution in [1.29, 1.82) is 0 Å². The highest BCUT2D eigenvalue weighted by molar-refractivity contribution is 7.12. The topological polar surface area (TPSA) is 38.3 Å². The van der Waals surface area contributed by atoms with Crippen molar-refractivity contribution in [3.05, 3.63) is 40.6 Å². The number of nitrogens with one attached hydrogen (secondary N) is 1. The molecule has 1 N–H and O–H groups in total. The number of amides is 1. The van der Waals surface area contributed by atoms with E-state index >= 15 is 0 Å². The molecule has 1 amide bonds. The summed E-state index contributed by atoms with van der Waals surface area (Å²) in [5, 5.41) is 4.70. The molecule has 1 fully saturated rings. The zero-order chi connectivity index (χ0) is 16.4. The summed E-state index contributed by atoms with van der Waals surface area (Å²) in [6.45, 7) is 0.704. The van der Waals surface area contributed by atoms with Crippen LogP contribution in [0.5, 0.6) is 5.75 Å². The number of rotatable bonds is 5. The third kappa shape index (κ3) is 4.48. The number of halogens is 3. The summed E-state index contributed by atoms with van der Waals surface area (Å²) < 4.78 is 40.2. The number of alkyl halides is 3. The van der Waals surface area contributed by atoms with Gasteiger partial charge in [0.1, 0.15) is 5.75 Å². The molecule has 0 bridgehead atoms. The van der Waals surface area contributed by atoms with Crippen molar-refractivity contribution >= 4 is 17.2 Å². The molecule has 1 heterocycles. The third-order valence-electron chi connectivity index (χ3n) is 3.49. The maximum absolute atomic E-state index is 12.1. The first-order chi connectivity index (χ1) is 10.9. The Balaban J connectivity index is 1.66. The van der Waals surface area contributed by atoms with E-state index in [0.717, 1.165) is 11.1 Å². The van der Waals surface area contributed by atoms with Gasteiger partial charge in [-0.25, -0.2) is 0 Å². The van der Waals surface area contributed by atoms with Crippen LogP contribution >= 0.6 is 11.3 Å². The number of carbonyl (C=O) groups is 1. The zero-order valence-corrected chi connectivity index (χ0v) is 12.8. The lowest BCUT2D eigenvalue weighted by Crippen LogP contribution is -2.24. The molecule has 0 radical (unpaired) electrons. The Bertz CT molecular complexity index is 690. The summed E-state index contributed by atoms with van der Waals surface area (Å²) in [6, 6.07) is 7.33. The van der Waals surface area contributed by atoms with E-state index in [2.05, 4.69) is 10.1 Å². The number of hydrogen-bond donors (Lipinski definition) is 1. The predicted octanol–water partition coefficient (Wildman–Crippen LogP) is 4.45. The van der Waals surface area contributed by atoms with Crippen LogP contribution in [0.15, 0.2) is 35.7 Å². The van der Waals surface area contributed by atoms with Crippen LogP contribution in [0, 0.1) is 5.92 Å². The summed E-state index contributed by atoms with van der Waals surface area (Å²) in [5.74, 6) is 0.239. The van der Waals surface area contributed by atoms with E-state index in [1.165, 1.54) is 48.4 Å². The maximum Gasteiger partial charge on any atom is 0.573 e. The van der Waals surface area contributed by atoms with E-state index in [9.17, 15) is 18.0 Å². The van der Waals surface area contributed by atoms with Crippen molar-refractivity contribution in [2.75, 3.05) is 6.54 Å². The first kappa shape index (κ1) is 15.9. The van der Waals surface area contributed by atoms with Crippen molar-refractivity contribution in [3.8, 4) is 16.9 Å². The van der Waals surface area contributed by atoms with Gasteiger partial charge in [0.25, 0.3) is 5.91 Å². The fourth-order valence-corrected chi connectivity index (χ4v) is 2.93. The lowest BCUT2D eigenvalue weighted by Gasteiger charge is -2.08. The smallest absolute Gasteiger partial charge is 0.406 e. The maximum atomic E-state index is 12.1. The van der Waals surface area contributed by atoms with E-state index < -0.39 is 6.36 Å². The number of thiophene rings is 1. The molecule has 122 valence electrons. The molecular weight excluding hydrogens is 327 g/mol. The average molecular weight is 341 g/mol. The Morgan fingerprint density at radius 1 is 1.22 bits per heavy atom. The lowest BCUT2D eigenvalue weighted by atomic mass is 10.1. The molecule has 1 aliphatic carbocycles. The quantitative estimate of drug-likeness (QED) is 0.872. The van der Waals surface area contributed by atoms with Gasteiger partial charge in [-0.15, -0.1) is 24.5 Å². The fourth-order valence-electron chi connectivity index (χ4n) is 2.10. The van der Waals surface area contributed by atoms with Gasteiger partial charge >= 0.3 is 6.36 Å². The summed E-state index contributed by atoms with van der Waals surface area (Å²) in [4.78, 5) is 12.6. The minimum absolute atomic E-state index is 0.106. The normalized spacial score (nSPS) is 14.6. The minimum atomic E-state index is -4.70. The number of ether oxygens (including phenoxy) is 1. The first-order valence-corrected chi connectivity index (χ1v) is 8.01. The third-order valence-corrected chi connectivity index (χ3v) is 4.42. The van der Waals surface area contributed by atoms with Crippen LogP contribution in [0.25, 0.3) is 11.1 Å². The second-order valence-electron chi connectivity index (χ2n) is 5.43. The largest absolute Gasteiger partial charge is 0.573 e. The summed E-state index contributed by atoms with van der Waals surface area (Å²) in [7, 11) is 0. The SMILES string of the molecule is O=C(NCC1CC1)c1cc(-c2ccc(OC(F)(F)F)cc2)cs1. The van der Waals surface area contributed by atoms with Gasteiger partial charge in [-0.05, 0) is 53.5 Å². The van der Waals surface area contributed by atoms with Crippen LogP contribution < -0.4 is 10.1 Å². The van der Waals surface area contributed by atoms with E-state index in [1.54, 1.807) is 6.07 Å². The van der Waals surface area contributed by atoms with Crippen molar-refractivity contribution in [2.45, 2.75) is 19.2 Å². The lowest BCUT2D eigenvalue weighted by molar-refractivity contribution is -0.274. The van der Waals surface area contributed by atoms with Crippen LogP contribution in [0.2, 0.25) is 0 Å². The Labute approximate surface area is 135 Å². The highest BCUT2D eigenvalue weighted by atomic mass is 32.1. The Morgan fingerprint density at radius 2 is 1.91 bits per heavy atom. The van der Waals surface area contributed by atoms with Gasteiger partial charge < -0.3 is 10.1 Å². The molecule has 7 heteroatoms. The summed E-state index contributed by atoms with van der Waals surface area (Å²) in [6.07, 6.45) is -2.36. The number of hydrogen-bond acceptors (Lipinski definition) is 3. The van der Waals surface area contributed by atoms with Crippen molar-refractivity contribution in [1.82, 2.24) is 5.32 Å². The van der Waals surface area contributed by atoms with Gasteiger partial charge in [0, 0.05) is 6.54 Å². The molecule has 0 atom stereocenters. The van der Waals surface area contributed by atoms with E-state index in [-0.39, 0.29) is 11.7 Å². The Kier molecular flexibility index (Phi) is 4.30. The monoisotopic (exact) mass is 341 g/mol. The van der Waals surface area contributed by atoms with Crippen molar-refractivity contribution in [2.24, 2.45) is 5.92 Å². The van der Waals surface area contributed by atoms with Gasteiger partial charge in [-0.3, -0.25) is 4.79 Å². The van der Waals surface area contributed by atoms with Gasteiger partial charge in [-0.1, -0.05) is 12.1 Å². The Hall–Kier alpha value is -2.02. The van der Waals surface area contributed by atoms with Crippen LogP contribution in [-0.4, -0.2) is 18.8 Å². The molecule has 2 aromatic rings. The zero-order valence-electron chi connectivity index (χ0n) is 12.0. The molecule has 0 saturated heterocycles. The molecular formula is C16H14F3NO2S. The second-order valence-corrected chi connectivity index (χ2v) is 6.34. The van der Waals surface area contributed by atoms with Crippen LogP contribution in [0.4, 0.5) is 13.2 Å². The van der Waals surface area contributed by atoms with Crippen molar-refractivity contribution in [3.63, 3.8) is 0 Å². The van der Waals surface area contributed by atoms with Gasteiger partial charge in [-0.2, -0.15) is 0 Å². The summed E-state index contributed by atoms with van der Waals surface area (Å²) >= 11 is 1.32. The molecule has 1 aromatic heterocycles. The number of carbonyl (C=O) groups excluding carboxylic acids is 1. The molecule has 0 aliphatic heterocycles. The highest BCUT2D eigenvalue weighted by Crippen LogP contribution is 2.30. The van der Waals surface area contributed by atoms with Crippen LogP contribution in [-0.2, 0) is 0 Å². The van der Waals surface area contributed by atoms with E-state index in [4.69, 9.17) is 0 Å². The Morgan fingerprint density at radius 3 is 2.52 bits per heavy atom. The molecule has 0 unspecified atom stereocenters. The fraction of sp³-hybridized carbons (Fsp3) is 0.312. The highest BCUT2D eigenvalue weighted by Gasteiger charge is 2.31.